The molecule has 0 aromatic heterocycles. The van der Waals surface area contributed by atoms with Gasteiger partial charge in [0.2, 0.25) is 0 Å². The molecule has 1 unspecified atom stereocenters. The molecule has 1 heterocycles. The van der Waals surface area contributed by atoms with Crippen LogP contribution in [0.15, 0.2) is 54.6 Å². The van der Waals surface area contributed by atoms with Gasteiger partial charge in [-0.05, 0) is 79.3 Å². The summed E-state index contributed by atoms with van der Waals surface area (Å²) in [7, 11) is 1.65. The Morgan fingerprint density at radius 3 is 2.63 bits per heavy atom. The third-order valence-corrected chi connectivity index (χ3v) is 6.52. The lowest BCUT2D eigenvalue weighted by molar-refractivity contribution is 0.180. The van der Waals surface area contributed by atoms with Crippen molar-refractivity contribution in [2.24, 2.45) is 0 Å². The molecule has 3 aromatic rings. The van der Waals surface area contributed by atoms with Crippen molar-refractivity contribution in [1.82, 2.24) is 10.2 Å². The minimum absolute atomic E-state index is 0.0645. The molecule has 1 atom stereocenters. The van der Waals surface area contributed by atoms with Crippen molar-refractivity contribution in [3.63, 3.8) is 0 Å². The van der Waals surface area contributed by atoms with Gasteiger partial charge in [-0.15, -0.1) is 0 Å². The van der Waals surface area contributed by atoms with E-state index in [-0.39, 0.29) is 17.8 Å². The Balaban J connectivity index is 1.70. The Morgan fingerprint density at radius 2 is 1.91 bits per heavy atom. The summed E-state index contributed by atoms with van der Waals surface area (Å²) in [6.07, 6.45) is 1.40. The van der Waals surface area contributed by atoms with Crippen molar-refractivity contribution in [2.75, 3.05) is 26.8 Å². The summed E-state index contributed by atoms with van der Waals surface area (Å²) in [6.45, 7) is 7.75. The van der Waals surface area contributed by atoms with E-state index in [1.54, 1.807) is 19.2 Å². The van der Waals surface area contributed by atoms with Crippen LogP contribution in [0.2, 0.25) is 0 Å². The number of methoxy groups -OCH3 is 1. The van der Waals surface area contributed by atoms with Crippen molar-refractivity contribution >= 4 is 6.03 Å². The van der Waals surface area contributed by atoms with Crippen LogP contribution in [0.4, 0.5) is 4.79 Å². The van der Waals surface area contributed by atoms with Crippen LogP contribution in [0.3, 0.4) is 0 Å². The van der Waals surface area contributed by atoms with E-state index in [4.69, 9.17) is 9.47 Å². The molecule has 6 nitrogen and oxygen atoms in total. The van der Waals surface area contributed by atoms with E-state index in [2.05, 4.69) is 37.4 Å². The number of ether oxygens (including phenoxy) is 2. The molecule has 3 aromatic carbocycles. The highest BCUT2D eigenvalue weighted by Crippen LogP contribution is 2.42. The van der Waals surface area contributed by atoms with Crippen LogP contribution in [0.25, 0.3) is 0 Å². The molecule has 0 fully saturated rings. The molecule has 2 N–H and O–H groups in total. The molecule has 0 bridgehead atoms. The van der Waals surface area contributed by atoms with Crippen molar-refractivity contribution in [3.05, 3.63) is 88.0 Å². The lowest BCUT2D eigenvalue weighted by Gasteiger charge is -2.38. The SMILES string of the molecule is CCNC(=O)N1CCc2cc(OC)c(OCCc3cccc(O)c3)cc2C1c1ccc(C)cc1C. The number of nitrogens with zero attached hydrogens (tertiary/aromatic N) is 1. The van der Waals surface area contributed by atoms with E-state index in [0.29, 0.717) is 37.6 Å². The van der Waals surface area contributed by atoms with Crippen LogP contribution in [-0.2, 0) is 12.8 Å². The van der Waals surface area contributed by atoms with E-state index in [1.165, 1.54) is 5.56 Å². The number of benzene rings is 3. The summed E-state index contributed by atoms with van der Waals surface area (Å²) in [6, 6.07) is 17.4. The van der Waals surface area contributed by atoms with E-state index >= 15 is 0 Å². The molecule has 184 valence electrons. The summed E-state index contributed by atoms with van der Waals surface area (Å²) >= 11 is 0. The molecule has 0 radical (unpaired) electrons. The molecule has 0 spiro atoms. The molecule has 35 heavy (non-hydrogen) atoms. The maximum Gasteiger partial charge on any atom is 0.318 e. The Kier molecular flexibility index (Phi) is 7.49. The van der Waals surface area contributed by atoms with Gasteiger partial charge >= 0.3 is 6.03 Å². The van der Waals surface area contributed by atoms with Gasteiger partial charge in [-0.25, -0.2) is 4.79 Å². The molecule has 6 heteroatoms. The molecular formula is C29H34N2O4. The summed E-state index contributed by atoms with van der Waals surface area (Å²) in [5, 5.41) is 12.7. The molecular weight excluding hydrogens is 440 g/mol. The topological polar surface area (TPSA) is 71.0 Å². The third-order valence-electron chi connectivity index (χ3n) is 6.52. The van der Waals surface area contributed by atoms with Gasteiger partial charge in [0.15, 0.2) is 11.5 Å². The van der Waals surface area contributed by atoms with Gasteiger partial charge in [0, 0.05) is 19.5 Å². The van der Waals surface area contributed by atoms with E-state index < -0.39 is 0 Å². The maximum absolute atomic E-state index is 13.1. The van der Waals surface area contributed by atoms with Crippen molar-refractivity contribution in [1.29, 1.82) is 0 Å². The highest BCUT2D eigenvalue weighted by atomic mass is 16.5. The number of aromatic hydroxyl groups is 1. The number of nitrogens with one attached hydrogen (secondary N) is 1. The third kappa shape index (κ3) is 5.37. The van der Waals surface area contributed by atoms with E-state index in [9.17, 15) is 9.90 Å². The second-order valence-corrected chi connectivity index (χ2v) is 9.01. The highest BCUT2D eigenvalue weighted by Gasteiger charge is 2.34. The van der Waals surface area contributed by atoms with Crippen LogP contribution in [0, 0.1) is 13.8 Å². The fourth-order valence-corrected chi connectivity index (χ4v) is 4.83. The lowest BCUT2D eigenvalue weighted by atomic mass is 9.85. The van der Waals surface area contributed by atoms with Crippen LogP contribution in [0.5, 0.6) is 17.2 Å². The first-order chi connectivity index (χ1) is 16.9. The average molecular weight is 475 g/mol. The second kappa shape index (κ2) is 10.7. The molecule has 4 rings (SSSR count). The molecule has 0 aliphatic carbocycles. The molecule has 1 aliphatic heterocycles. The first kappa shape index (κ1) is 24.5. The monoisotopic (exact) mass is 474 g/mol. The quantitative estimate of drug-likeness (QED) is 0.486. The number of urea groups is 1. The molecule has 1 aliphatic rings. The van der Waals surface area contributed by atoms with Crippen molar-refractivity contribution in [3.8, 4) is 17.2 Å². The number of phenols is 1. The normalized spacial score (nSPS) is 14.9. The number of carbonyl (C=O) groups excluding carboxylic acids is 1. The number of phenolic OH excluding ortho intramolecular Hbond substituents is 1. The smallest absolute Gasteiger partial charge is 0.318 e. The fourth-order valence-electron chi connectivity index (χ4n) is 4.83. The maximum atomic E-state index is 13.1. The first-order valence-electron chi connectivity index (χ1n) is 12.1. The summed E-state index contributed by atoms with van der Waals surface area (Å²) < 4.78 is 11.9. The van der Waals surface area contributed by atoms with E-state index in [1.807, 2.05) is 36.1 Å². The van der Waals surface area contributed by atoms with Gasteiger partial charge < -0.3 is 24.8 Å². The second-order valence-electron chi connectivity index (χ2n) is 9.01. The van der Waals surface area contributed by atoms with Gasteiger partial charge in [0.25, 0.3) is 0 Å². The number of hydrogen-bond donors (Lipinski definition) is 2. The minimum Gasteiger partial charge on any atom is -0.508 e. The molecule has 2 amide bonds. The number of carbonyl (C=O) groups is 1. The highest BCUT2D eigenvalue weighted by molar-refractivity contribution is 5.76. The average Bonchev–Trinajstić information content (AvgIpc) is 2.83. The summed E-state index contributed by atoms with van der Waals surface area (Å²) in [5.41, 5.74) is 6.67. The standard InChI is InChI=1S/C29H34N2O4/c1-5-30-29(33)31-13-11-22-17-26(34-4)27(35-14-12-21-7-6-8-23(32)16-21)18-25(22)28(31)24-10-9-19(2)15-20(24)3/h6-10,15-18,28,32H,5,11-14H2,1-4H3,(H,30,33). The Morgan fingerprint density at radius 1 is 1.09 bits per heavy atom. The Hall–Kier alpha value is -3.67. The summed E-state index contributed by atoms with van der Waals surface area (Å²) in [5.74, 6) is 1.58. The number of aryl methyl sites for hydroxylation is 2. The first-order valence-corrected chi connectivity index (χ1v) is 12.1. The Bertz CT molecular complexity index is 1210. The van der Waals surface area contributed by atoms with Gasteiger partial charge in [-0.1, -0.05) is 35.9 Å². The van der Waals surface area contributed by atoms with Crippen LogP contribution >= 0.6 is 0 Å². The van der Waals surface area contributed by atoms with Crippen molar-refractivity contribution in [2.45, 2.75) is 39.7 Å². The van der Waals surface area contributed by atoms with Crippen LogP contribution in [0.1, 0.15) is 46.3 Å². The number of hydrogen-bond acceptors (Lipinski definition) is 4. The largest absolute Gasteiger partial charge is 0.508 e. The number of amides is 2. The zero-order chi connectivity index (χ0) is 24.9. The summed E-state index contributed by atoms with van der Waals surface area (Å²) in [4.78, 5) is 15.0. The van der Waals surface area contributed by atoms with E-state index in [0.717, 1.165) is 34.2 Å². The lowest BCUT2D eigenvalue weighted by Crippen LogP contribution is -2.46. The number of fused-ring (bicyclic) bond motifs is 1. The van der Waals surface area contributed by atoms with Gasteiger partial charge in [0.1, 0.15) is 5.75 Å². The zero-order valence-electron chi connectivity index (χ0n) is 20.9. The van der Waals surface area contributed by atoms with Gasteiger partial charge in [-0.3, -0.25) is 0 Å². The van der Waals surface area contributed by atoms with Gasteiger partial charge in [0.05, 0.1) is 19.8 Å². The Labute approximate surface area is 207 Å². The van der Waals surface area contributed by atoms with Crippen LogP contribution in [-0.4, -0.2) is 42.8 Å². The minimum atomic E-state index is -0.217. The predicted octanol–water partition coefficient (Wildman–Crippen LogP) is 5.32. The molecule has 0 saturated carbocycles. The molecule has 0 saturated heterocycles. The fraction of sp³-hybridized carbons (Fsp3) is 0.345. The van der Waals surface area contributed by atoms with Crippen LogP contribution < -0.4 is 14.8 Å². The van der Waals surface area contributed by atoms with Gasteiger partial charge in [-0.2, -0.15) is 0 Å². The van der Waals surface area contributed by atoms with Crippen molar-refractivity contribution < 1.29 is 19.4 Å². The zero-order valence-corrected chi connectivity index (χ0v) is 20.9. The number of rotatable bonds is 7. The predicted molar refractivity (Wildman–Crippen MR) is 138 cm³/mol.